The van der Waals surface area contributed by atoms with Gasteiger partial charge in [0.2, 0.25) is 0 Å². The predicted molar refractivity (Wildman–Crippen MR) is 88.5 cm³/mol. The van der Waals surface area contributed by atoms with E-state index in [-0.39, 0.29) is 29.3 Å². The first-order valence-corrected chi connectivity index (χ1v) is 8.62. The molecule has 0 bridgehead atoms. The smallest absolute Gasteiger partial charge is 0.446 e. The monoisotopic (exact) mass is 378 g/mol. The number of carboxylic acids is 1. The molecule has 140 valence electrons. The van der Waals surface area contributed by atoms with E-state index in [1.807, 2.05) is 0 Å². The van der Waals surface area contributed by atoms with Crippen molar-refractivity contribution in [1.82, 2.24) is 9.80 Å². The largest absolute Gasteiger partial charge is 0.480 e. The Labute approximate surface area is 148 Å². The molecule has 1 aliphatic rings. The lowest BCUT2D eigenvalue weighted by Gasteiger charge is -2.34. The Balaban J connectivity index is 1.84. The van der Waals surface area contributed by atoms with Gasteiger partial charge in [0.15, 0.2) is 0 Å². The van der Waals surface area contributed by atoms with Crippen LogP contribution in [0.3, 0.4) is 0 Å². The van der Waals surface area contributed by atoms with Crippen molar-refractivity contribution >= 4 is 17.7 Å². The molecule has 2 rings (SSSR count). The van der Waals surface area contributed by atoms with Crippen LogP contribution in [0.5, 0.6) is 0 Å². The van der Waals surface area contributed by atoms with E-state index in [1.54, 1.807) is 24.1 Å². The Morgan fingerprint density at radius 3 is 2.68 bits per heavy atom. The molecule has 1 fully saturated rings. The third-order valence-corrected chi connectivity index (χ3v) is 4.45. The number of carbonyl (C=O) groups is 1. The van der Waals surface area contributed by atoms with E-state index >= 15 is 0 Å². The van der Waals surface area contributed by atoms with Crippen molar-refractivity contribution < 1.29 is 27.8 Å². The number of thioether (sulfide) groups is 1. The summed E-state index contributed by atoms with van der Waals surface area (Å²) in [6, 6.07) is 6.36. The number of ether oxygens (including phenoxy) is 1. The number of carboxylic acid groups (broad SMARTS) is 1. The maximum absolute atomic E-state index is 12.3. The Morgan fingerprint density at radius 2 is 2.08 bits per heavy atom. The van der Waals surface area contributed by atoms with Gasteiger partial charge in [-0.05, 0) is 36.5 Å². The summed E-state index contributed by atoms with van der Waals surface area (Å²) in [7, 11) is 1.73. The van der Waals surface area contributed by atoms with Gasteiger partial charge in [-0.15, -0.1) is 0 Å². The first-order valence-electron chi connectivity index (χ1n) is 7.80. The summed E-state index contributed by atoms with van der Waals surface area (Å²) in [5, 5.41) is 8.79. The molecule has 0 radical (unpaired) electrons. The van der Waals surface area contributed by atoms with Crippen molar-refractivity contribution in [2.24, 2.45) is 0 Å². The fraction of sp³-hybridized carbons (Fsp3) is 0.562. The second-order valence-corrected chi connectivity index (χ2v) is 7.15. The lowest BCUT2D eigenvalue weighted by Crippen LogP contribution is -2.47. The minimum atomic E-state index is -4.28. The molecule has 1 atom stereocenters. The summed E-state index contributed by atoms with van der Waals surface area (Å²) >= 11 is -0.120. The SMILES string of the molecule is CN(CC(=O)O)CC1CN(Cc2ccc(SC(F)(F)F)cc2)CCO1. The normalized spacial score (nSPS) is 19.3. The van der Waals surface area contributed by atoms with Gasteiger partial charge in [0, 0.05) is 31.1 Å². The van der Waals surface area contributed by atoms with E-state index in [0.29, 0.717) is 26.2 Å². The molecule has 1 unspecified atom stereocenters. The number of likely N-dealkylation sites (N-methyl/N-ethyl adjacent to an activating group) is 1. The summed E-state index contributed by atoms with van der Waals surface area (Å²) < 4.78 is 42.7. The van der Waals surface area contributed by atoms with Gasteiger partial charge in [-0.2, -0.15) is 13.2 Å². The number of alkyl halides is 3. The zero-order valence-electron chi connectivity index (χ0n) is 13.8. The summed E-state index contributed by atoms with van der Waals surface area (Å²) in [6.45, 7) is 3.04. The maximum Gasteiger partial charge on any atom is 0.446 e. The van der Waals surface area contributed by atoms with Crippen LogP contribution in [0.15, 0.2) is 29.2 Å². The van der Waals surface area contributed by atoms with Crippen molar-refractivity contribution in [3.8, 4) is 0 Å². The average molecular weight is 378 g/mol. The standard InChI is InChI=1S/C16H21F3N2O3S/c1-20(11-15(22)23)9-13-10-21(6-7-24-13)8-12-2-4-14(5-3-12)25-16(17,18)19/h2-5,13H,6-11H2,1H3,(H,22,23). The minimum absolute atomic E-state index is 0.0435. The highest BCUT2D eigenvalue weighted by Crippen LogP contribution is 2.36. The summed E-state index contributed by atoms with van der Waals surface area (Å²) in [5.41, 5.74) is -3.34. The molecule has 1 heterocycles. The van der Waals surface area contributed by atoms with Crippen LogP contribution in [0.25, 0.3) is 0 Å². The number of hydrogen-bond acceptors (Lipinski definition) is 5. The summed E-state index contributed by atoms with van der Waals surface area (Å²) in [6.07, 6.45) is -0.0850. The topological polar surface area (TPSA) is 53.0 Å². The highest BCUT2D eigenvalue weighted by Gasteiger charge is 2.29. The Kier molecular flexibility index (Phi) is 7.12. The second-order valence-electron chi connectivity index (χ2n) is 6.01. The number of nitrogens with zero attached hydrogens (tertiary/aromatic N) is 2. The molecule has 5 nitrogen and oxygen atoms in total. The lowest BCUT2D eigenvalue weighted by molar-refractivity contribution is -0.138. The van der Waals surface area contributed by atoms with Crippen molar-refractivity contribution in [3.63, 3.8) is 0 Å². The highest BCUT2D eigenvalue weighted by molar-refractivity contribution is 8.00. The number of aliphatic carboxylic acids is 1. The molecule has 0 spiro atoms. The maximum atomic E-state index is 12.3. The second kappa shape index (κ2) is 8.88. The molecule has 0 aliphatic carbocycles. The minimum Gasteiger partial charge on any atom is -0.480 e. The van der Waals surface area contributed by atoms with Gasteiger partial charge in [0.1, 0.15) is 0 Å². The summed E-state index contributed by atoms with van der Waals surface area (Å²) in [4.78, 5) is 14.7. The zero-order valence-corrected chi connectivity index (χ0v) is 14.6. The van der Waals surface area contributed by atoms with E-state index in [1.165, 1.54) is 12.1 Å². The van der Waals surface area contributed by atoms with Crippen molar-refractivity contribution in [1.29, 1.82) is 0 Å². The van der Waals surface area contributed by atoms with Gasteiger partial charge in [-0.1, -0.05) is 12.1 Å². The number of halogens is 3. The quantitative estimate of drug-likeness (QED) is 0.736. The number of morpholine rings is 1. The third-order valence-electron chi connectivity index (χ3n) is 3.71. The van der Waals surface area contributed by atoms with Gasteiger partial charge < -0.3 is 9.84 Å². The number of rotatable bonds is 7. The number of hydrogen-bond donors (Lipinski definition) is 1. The van der Waals surface area contributed by atoms with Crippen molar-refractivity contribution in [2.45, 2.75) is 23.1 Å². The van der Waals surface area contributed by atoms with E-state index < -0.39 is 11.5 Å². The van der Waals surface area contributed by atoms with Crippen LogP contribution in [-0.4, -0.2) is 72.3 Å². The Hall–Kier alpha value is -1.29. The van der Waals surface area contributed by atoms with Gasteiger partial charge >= 0.3 is 11.5 Å². The average Bonchev–Trinajstić information content (AvgIpc) is 2.47. The molecule has 0 saturated carbocycles. The predicted octanol–water partition coefficient (Wildman–Crippen LogP) is 2.52. The van der Waals surface area contributed by atoms with E-state index in [9.17, 15) is 18.0 Å². The Bertz CT molecular complexity index is 569. The first kappa shape index (κ1) is 20.0. The van der Waals surface area contributed by atoms with Gasteiger partial charge in [0.25, 0.3) is 0 Å². The van der Waals surface area contributed by atoms with Gasteiger partial charge in [-0.3, -0.25) is 14.6 Å². The van der Waals surface area contributed by atoms with Crippen LogP contribution in [-0.2, 0) is 16.1 Å². The first-order chi connectivity index (χ1) is 11.7. The van der Waals surface area contributed by atoms with Crippen molar-refractivity contribution in [2.75, 3.05) is 39.8 Å². The fourth-order valence-electron chi connectivity index (χ4n) is 2.73. The van der Waals surface area contributed by atoms with Crippen LogP contribution < -0.4 is 0 Å². The molecule has 1 N–H and O–H groups in total. The van der Waals surface area contributed by atoms with Crippen LogP contribution in [0.2, 0.25) is 0 Å². The van der Waals surface area contributed by atoms with E-state index in [4.69, 9.17) is 9.84 Å². The van der Waals surface area contributed by atoms with Crippen LogP contribution in [0.1, 0.15) is 5.56 Å². The molecule has 1 saturated heterocycles. The number of benzene rings is 1. The van der Waals surface area contributed by atoms with Gasteiger partial charge in [-0.25, -0.2) is 0 Å². The van der Waals surface area contributed by atoms with Crippen LogP contribution in [0.4, 0.5) is 13.2 Å². The van der Waals surface area contributed by atoms with Gasteiger partial charge in [0.05, 0.1) is 19.3 Å². The highest BCUT2D eigenvalue weighted by atomic mass is 32.2. The third kappa shape index (κ3) is 7.64. The van der Waals surface area contributed by atoms with E-state index in [0.717, 1.165) is 12.1 Å². The Morgan fingerprint density at radius 1 is 1.40 bits per heavy atom. The molecular weight excluding hydrogens is 357 g/mol. The molecule has 0 aromatic heterocycles. The molecule has 1 aromatic carbocycles. The molecule has 1 aliphatic heterocycles. The fourth-order valence-corrected chi connectivity index (χ4v) is 3.27. The van der Waals surface area contributed by atoms with Crippen LogP contribution >= 0.6 is 11.8 Å². The van der Waals surface area contributed by atoms with Crippen LogP contribution in [0, 0.1) is 0 Å². The molecular formula is C16H21F3N2O3S. The van der Waals surface area contributed by atoms with E-state index in [2.05, 4.69) is 4.90 Å². The molecule has 9 heteroatoms. The lowest BCUT2D eigenvalue weighted by atomic mass is 10.2. The van der Waals surface area contributed by atoms with Crippen molar-refractivity contribution in [3.05, 3.63) is 29.8 Å². The summed E-state index contributed by atoms with van der Waals surface area (Å²) in [5.74, 6) is -0.882. The zero-order chi connectivity index (χ0) is 18.4. The molecule has 1 aromatic rings. The molecule has 25 heavy (non-hydrogen) atoms. The molecule has 0 amide bonds.